The number of phosphoric ester groups is 1. The van der Waals surface area contributed by atoms with Crippen molar-refractivity contribution < 1.29 is 42.1 Å². The Morgan fingerprint density at radius 1 is 0.457 bits per heavy atom. The first-order chi connectivity index (χ1) is 34.0. The maximum atomic E-state index is 12.8. The Balaban J connectivity index is 4.28. The van der Waals surface area contributed by atoms with Crippen molar-refractivity contribution in [3.63, 3.8) is 0 Å². The molecular formula is C60H107NO8P+. The molecule has 0 fully saturated rings. The van der Waals surface area contributed by atoms with Crippen LogP contribution in [0.1, 0.15) is 232 Å². The Morgan fingerprint density at radius 2 is 0.814 bits per heavy atom. The number of phosphoric acid groups is 1. The summed E-state index contributed by atoms with van der Waals surface area (Å²) in [5, 5.41) is 0. The zero-order valence-electron chi connectivity index (χ0n) is 45.7. The third kappa shape index (κ3) is 54.5. The molecule has 2 unspecified atom stereocenters. The van der Waals surface area contributed by atoms with E-state index in [0.717, 1.165) is 64.2 Å². The van der Waals surface area contributed by atoms with Gasteiger partial charge in [0.1, 0.15) is 19.8 Å². The molecule has 0 heterocycles. The zero-order valence-corrected chi connectivity index (χ0v) is 46.6. The summed E-state index contributed by atoms with van der Waals surface area (Å²) in [5.74, 6) is -0.864. The number of nitrogens with zero attached hydrogens (tertiary/aromatic N) is 1. The Bertz CT molecular complexity index is 1460. The Hall–Kier alpha value is -2.81. The number of quaternary nitrogens is 1. The molecule has 0 aliphatic heterocycles. The second-order valence-corrected chi connectivity index (χ2v) is 21.4. The molecule has 0 amide bonds. The van der Waals surface area contributed by atoms with Gasteiger partial charge < -0.3 is 18.9 Å². The Labute approximate surface area is 431 Å². The Morgan fingerprint density at radius 3 is 1.20 bits per heavy atom. The SMILES string of the molecule is CC/C=C\C/C=C\C/C=C\C/C=C\C/C=C\C/C=C\C/C=C\CCCC(=O)OC(COC(=O)CCCCCCCCCCCCCCCCCCCCCCCCC)COP(=O)(O)OCC[N+](C)(C)C. The van der Waals surface area contributed by atoms with Gasteiger partial charge in [-0.05, 0) is 64.2 Å². The highest BCUT2D eigenvalue weighted by Crippen LogP contribution is 2.43. The number of carbonyl (C=O) groups excluding carboxylic acids is 2. The maximum Gasteiger partial charge on any atom is 0.472 e. The van der Waals surface area contributed by atoms with E-state index in [1.165, 1.54) is 128 Å². The normalized spacial score (nSPS) is 14.0. The lowest BCUT2D eigenvalue weighted by molar-refractivity contribution is -0.870. The molecule has 0 bridgehead atoms. The van der Waals surface area contributed by atoms with E-state index in [1.807, 2.05) is 21.1 Å². The van der Waals surface area contributed by atoms with Gasteiger partial charge in [-0.15, -0.1) is 0 Å². The van der Waals surface area contributed by atoms with Crippen molar-refractivity contribution in [3.05, 3.63) is 85.1 Å². The molecule has 0 aliphatic carbocycles. The minimum Gasteiger partial charge on any atom is -0.462 e. The maximum absolute atomic E-state index is 12.8. The topological polar surface area (TPSA) is 108 Å². The van der Waals surface area contributed by atoms with Gasteiger partial charge in [0.05, 0.1) is 27.7 Å². The molecular weight excluding hydrogens is 894 g/mol. The number of ether oxygens (including phenoxy) is 2. The fourth-order valence-electron chi connectivity index (χ4n) is 7.59. The van der Waals surface area contributed by atoms with Gasteiger partial charge in [0.2, 0.25) is 0 Å². The van der Waals surface area contributed by atoms with Crippen LogP contribution in [-0.2, 0) is 32.7 Å². The summed E-state index contributed by atoms with van der Waals surface area (Å²) in [6, 6.07) is 0. The largest absolute Gasteiger partial charge is 0.472 e. The van der Waals surface area contributed by atoms with Crippen molar-refractivity contribution in [2.75, 3.05) is 47.5 Å². The summed E-state index contributed by atoms with van der Waals surface area (Å²) in [6.45, 7) is 4.27. The average molecular weight is 1000 g/mol. The summed E-state index contributed by atoms with van der Waals surface area (Å²) in [5.41, 5.74) is 0. The van der Waals surface area contributed by atoms with E-state index in [2.05, 4.69) is 98.9 Å². The lowest BCUT2D eigenvalue weighted by atomic mass is 10.0. The quantitative estimate of drug-likeness (QED) is 0.0211. The van der Waals surface area contributed by atoms with Crippen LogP contribution in [0, 0.1) is 0 Å². The van der Waals surface area contributed by atoms with Gasteiger partial charge >= 0.3 is 19.8 Å². The van der Waals surface area contributed by atoms with Crippen molar-refractivity contribution in [3.8, 4) is 0 Å². The molecule has 9 nitrogen and oxygen atoms in total. The molecule has 0 spiro atoms. The molecule has 0 saturated heterocycles. The third-order valence-electron chi connectivity index (χ3n) is 11.9. The van der Waals surface area contributed by atoms with E-state index in [1.54, 1.807) is 0 Å². The zero-order chi connectivity index (χ0) is 51.3. The van der Waals surface area contributed by atoms with Crippen molar-refractivity contribution in [1.82, 2.24) is 0 Å². The standard InChI is InChI=1S/C60H106NO8P/c1-6-8-10-12-14-16-18-20-22-24-26-28-30-32-34-36-38-40-42-44-46-48-50-52-59(62)66-56-58(57-68-70(64,65)67-55-54-61(3,4)5)69-60(63)53-51-49-47-45-43-41-39-37-35-33-31-29-27-25-23-21-19-17-15-13-11-9-7-2/h9,11,15,17,21,23,27,29,33,35,39,41,45,47,58H,6-8,10,12-14,16,18-20,22,24-26,28,30-32,34,36-38,40,42-44,46,48-57H2,1-5H3/p+1/b11-9-,17-15-,23-21-,29-27-,35-33-,41-39-,47-45-. The van der Waals surface area contributed by atoms with Crippen molar-refractivity contribution in [2.45, 2.75) is 238 Å². The molecule has 2 atom stereocenters. The molecule has 0 aromatic carbocycles. The summed E-state index contributed by atoms with van der Waals surface area (Å²) >= 11 is 0. The summed E-state index contributed by atoms with van der Waals surface area (Å²) in [4.78, 5) is 35.6. The first kappa shape index (κ1) is 67.2. The van der Waals surface area contributed by atoms with Gasteiger partial charge in [0, 0.05) is 12.8 Å². The van der Waals surface area contributed by atoms with Crippen LogP contribution in [0.15, 0.2) is 85.1 Å². The molecule has 10 heteroatoms. The minimum atomic E-state index is -4.40. The van der Waals surface area contributed by atoms with E-state index in [0.29, 0.717) is 23.9 Å². The number of hydrogen-bond donors (Lipinski definition) is 1. The van der Waals surface area contributed by atoms with Crippen LogP contribution in [0.5, 0.6) is 0 Å². The average Bonchev–Trinajstić information content (AvgIpc) is 3.32. The summed E-state index contributed by atoms with van der Waals surface area (Å²) < 4.78 is 34.5. The second-order valence-electron chi connectivity index (χ2n) is 19.9. The van der Waals surface area contributed by atoms with E-state index >= 15 is 0 Å². The van der Waals surface area contributed by atoms with E-state index in [9.17, 15) is 19.0 Å². The Kier molecular flexibility index (Phi) is 49.1. The smallest absolute Gasteiger partial charge is 0.462 e. The molecule has 0 radical (unpaired) electrons. The van der Waals surface area contributed by atoms with Crippen LogP contribution < -0.4 is 0 Å². The monoisotopic (exact) mass is 1000 g/mol. The minimum absolute atomic E-state index is 0.0178. The molecule has 404 valence electrons. The van der Waals surface area contributed by atoms with Gasteiger partial charge in [-0.2, -0.15) is 0 Å². The fraction of sp³-hybridized carbons (Fsp3) is 0.733. The number of esters is 2. The fourth-order valence-corrected chi connectivity index (χ4v) is 8.33. The predicted octanol–water partition coefficient (Wildman–Crippen LogP) is 17.5. The van der Waals surface area contributed by atoms with Gasteiger partial charge in [-0.1, -0.05) is 240 Å². The highest BCUT2D eigenvalue weighted by atomic mass is 31.2. The number of hydrogen-bond acceptors (Lipinski definition) is 7. The van der Waals surface area contributed by atoms with Crippen LogP contribution >= 0.6 is 7.82 Å². The molecule has 0 aromatic rings. The van der Waals surface area contributed by atoms with Crippen LogP contribution in [0.2, 0.25) is 0 Å². The number of allylic oxidation sites excluding steroid dienone is 14. The molecule has 1 N–H and O–H groups in total. The number of likely N-dealkylation sites (N-methyl/N-ethyl adjacent to an activating group) is 1. The van der Waals surface area contributed by atoms with Crippen LogP contribution in [0.4, 0.5) is 0 Å². The highest BCUT2D eigenvalue weighted by molar-refractivity contribution is 7.47. The molecule has 0 rings (SSSR count). The molecule has 70 heavy (non-hydrogen) atoms. The lowest BCUT2D eigenvalue weighted by Gasteiger charge is -2.24. The van der Waals surface area contributed by atoms with Gasteiger partial charge in [0.15, 0.2) is 6.10 Å². The molecule has 0 aromatic heterocycles. The van der Waals surface area contributed by atoms with E-state index in [4.69, 9.17) is 18.5 Å². The number of carbonyl (C=O) groups is 2. The summed E-state index contributed by atoms with van der Waals surface area (Å²) in [7, 11) is 1.44. The second kappa shape index (κ2) is 51.1. The van der Waals surface area contributed by atoms with Gasteiger partial charge in [-0.3, -0.25) is 18.6 Å². The molecule has 0 aliphatic rings. The first-order valence-corrected chi connectivity index (χ1v) is 29.8. The van der Waals surface area contributed by atoms with Crippen molar-refractivity contribution in [2.24, 2.45) is 0 Å². The predicted molar refractivity (Wildman–Crippen MR) is 298 cm³/mol. The molecule has 0 saturated carbocycles. The van der Waals surface area contributed by atoms with Gasteiger partial charge in [-0.25, -0.2) is 4.57 Å². The third-order valence-corrected chi connectivity index (χ3v) is 12.9. The lowest BCUT2D eigenvalue weighted by Crippen LogP contribution is -2.37. The number of unbranched alkanes of at least 4 members (excludes halogenated alkanes) is 23. The van der Waals surface area contributed by atoms with Crippen molar-refractivity contribution in [1.29, 1.82) is 0 Å². The number of rotatable bonds is 51. The van der Waals surface area contributed by atoms with Crippen LogP contribution in [0.3, 0.4) is 0 Å². The van der Waals surface area contributed by atoms with Gasteiger partial charge in [0.25, 0.3) is 0 Å². The van der Waals surface area contributed by atoms with Crippen molar-refractivity contribution >= 4 is 19.8 Å². The van der Waals surface area contributed by atoms with Crippen LogP contribution in [0.25, 0.3) is 0 Å². The summed E-state index contributed by atoms with van der Waals surface area (Å²) in [6.07, 6.45) is 68.0. The van der Waals surface area contributed by atoms with E-state index in [-0.39, 0.29) is 32.0 Å². The van der Waals surface area contributed by atoms with Crippen LogP contribution in [-0.4, -0.2) is 74.9 Å². The highest BCUT2D eigenvalue weighted by Gasteiger charge is 2.27. The van der Waals surface area contributed by atoms with E-state index < -0.39 is 26.5 Å². The first-order valence-electron chi connectivity index (χ1n) is 28.3.